The van der Waals surface area contributed by atoms with Crippen LogP contribution in [0.15, 0.2) is 53.3 Å². The predicted octanol–water partition coefficient (Wildman–Crippen LogP) is 1.45. The minimum Gasteiger partial charge on any atom is -0.370 e. The van der Waals surface area contributed by atoms with Gasteiger partial charge in [-0.15, -0.1) is 0 Å². The molecule has 0 aliphatic carbocycles. The minimum absolute atomic E-state index is 0.132. The zero-order chi connectivity index (χ0) is 23.7. The number of imide groups is 1. The fourth-order valence-electron chi connectivity index (χ4n) is 5.02. The topological polar surface area (TPSA) is 85.9 Å². The van der Waals surface area contributed by atoms with Crippen LogP contribution in [0.1, 0.15) is 52.3 Å². The van der Waals surface area contributed by atoms with Crippen molar-refractivity contribution in [3.63, 3.8) is 0 Å². The first-order chi connectivity index (χ1) is 16.6. The predicted molar refractivity (Wildman–Crippen MR) is 127 cm³/mol. The van der Waals surface area contributed by atoms with Gasteiger partial charge >= 0.3 is 0 Å². The van der Waals surface area contributed by atoms with Gasteiger partial charge in [-0.25, -0.2) is 4.98 Å². The second kappa shape index (κ2) is 9.48. The van der Waals surface area contributed by atoms with Gasteiger partial charge in [0, 0.05) is 13.0 Å². The third-order valence-electron chi connectivity index (χ3n) is 6.83. The Balaban J connectivity index is 1.53. The zero-order valence-corrected chi connectivity index (χ0v) is 19.3. The van der Waals surface area contributed by atoms with Crippen molar-refractivity contribution >= 4 is 22.7 Å². The highest BCUT2D eigenvalue weighted by Gasteiger charge is 2.41. The van der Waals surface area contributed by atoms with Crippen LogP contribution >= 0.6 is 0 Å². The first-order valence-electron chi connectivity index (χ1n) is 12.0. The molecule has 0 spiro atoms. The average Bonchev–Trinajstić information content (AvgIpc) is 3.12. The number of carbonyl (C=O) groups excluding carboxylic acids is 2. The lowest BCUT2D eigenvalue weighted by Crippen LogP contribution is -3.14. The lowest BCUT2D eigenvalue weighted by atomic mass is 10.1. The number of benzene rings is 2. The number of nitrogens with zero attached hydrogens (tertiary/aromatic N) is 3. The number of amides is 2. The summed E-state index contributed by atoms with van der Waals surface area (Å²) in [5.74, 6) is -0.198. The van der Waals surface area contributed by atoms with Crippen LogP contribution in [0.4, 0.5) is 0 Å². The van der Waals surface area contributed by atoms with E-state index >= 15 is 0 Å². The second-order valence-electron chi connectivity index (χ2n) is 8.86. The summed E-state index contributed by atoms with van der Waals surface area (Å²) in [5.41, 5.74) is 1.24. The SMILES string of the molecule is CC[C@@H](c1nc2ccccc2c(=O)n1CCC[NH+]1CCOCC1)N1C(=O)c2ccccc2C1=O. The van der Waals surface area contributed by atoms with Gasteiger partial charge < -0.3 is 9.64 Å². The Labute approximate surface area is 197 Å². The minimum atomic E-state index is -0.625. The summed E-state index contributed by atoms with van der Waals surface area (Å²) in [6.45, 7) is 6.76. The summed E-state index contributed by atoms with van der Waals surface area (Å²) >= 11 is 0. The third-order valence-corrected chi connectivity index (χ3v) is 6.83. The van der Waals surface area contributed by atoms with Gasteiger partial charge in [0.2, 0.25) is 0 Å². The molecule has 1 aromatic heterocycles. The summed E-state index contributed by atoms with van der Waals surface area (Å²) in [5, 5.41) is 0.544. The number of morpholine rings is 1. The maximum atomic E-state index is 13.6. The van der Waals surface area contributed by atoms with Crippen molar-refractivity contribution in [2.24, 2.45) is 0 Å². The van der Waals surface area contributed by atoms with Gasteiger partial charge in [-0.2, -0.15) is 0 Å². The molecule has 0 radical (unpaired) electrons. The van der Waals surface area contributed by atoms with Crippen LogP contribution in [0.5, 0.6) is 0 Å². The summed E-state index contributed by atoms with van der Waals surface area (Å²) in [6, 6.07) is 13.5. The molecule has 1 atom stereocenters. The summed E-state index contributed by atoms with van der Waals surface area (Å²) in [7, 11) is 0. The molecule has 1 N–H and O–H groups in total. The van der Waals surface area contributed by atoms with E-state index in [1.54, 1.807) is 41.0 Å². The largest absolute Gasteiger partial charge is 0.370 e. The van der Waals surface area contributed by atoms with E-state index in [2.05, 4.69) is 0 Å². The molecular formula is C26H29N4O4+. The summed E-state index contributed by atoms with van der Waals surface area (Å²) in [4.78, 5) is 47.6. The van der Waals surface area contributed by atoms with Gasteiger partial charge in [0.05, 0.1) is 47.8 Å². The fraction of sp³-hybridized carbons (Fsp3) is 0.385. The van der Waals surface area contributed by atoms with Crippen molar-refractivity contribution in [1.29, 1.82) is 0 Å². The van der Waals surface area contributed by atoms with Crippen LogP contribution in [0, 0.1) is 0 Å². The molecule has 3 aromatic rings. The normalized spacial score (nSPS) is 17.4. The highest BCUT2D eigenvalue weighted by molar-refractivity contribution is 6.21. The molecule has 0 unspecified atom stereocenters. The lowest BCUT2D eigenvalue weighted by molar-refractivity contribution is -0.908. The summed E-state index contributed by atoms with van der Waals surface area (Å²) < 4.78 is 7.13. The molecule has 0 bridgehead atoms. The molecule has 1 fully saturated rings. The quantitative estimate of drug-likeness (QED) is 0.539. The van der Waals surface area contributed by atoms with Crippen LogP contribution in [0.25, 0.3) is 10.9 Å². The number of hydrogen-bond donors (Lipinski definition) is 1. The lowest BCUT2D eigenvalue weighted by Gasteiger charge is -2.28. The fourth-order valence-corrected chi connectivity index (χ4v) is 5.02. The highest BCUT2D eigenvalue weighted by Crippen LogP contribution is 2.32. The van der Waals surface area contributed by atoms with Crippen molar-refractivity contribution < 1.29 is 19.2 Å². The molecule has 2 aromatic carbocycles. The molecule has 3 heterocycles. The molecule has 2 aliphatic heterocycles. The van der Waals surface area contributed by atoms with Crippen LogP contribution in [0.2, 0.25) is 0 Å². The highest BCUT2D eigenvalue weighted by atomic mass is 16.5. The van der Waals surface area contributed by atoms with E-state index < -0.39 is 6.04 Å². The molecule has 5 rings (SSSR count). The van der Waals surface area contributed by atoms with Crippen molar-refractivity contribution in [2.45, 2.75) is 32.4 Å². The number of aromatic nitrogens is 2. The van der Waals surface area contributed by atoms with E-state index in [4.69, 9.17) is 9.72 Å². The molecule has 34 heavy (non-hydrogen) atoms. The number of quaternary nitrogens is 1. The molecule has 8 heteroatoms. The van der Waals surface area contributed by atoms with Gasteiger partial charge in [-0.05, 0) is 30.7 Å². The first kappa shape index (κ1) is 22.4. The maximum Gasteiger partial charge on any atom is 0.262 e. The molecule has 2 aliphatic rings. The van der Waals surface area contributed by atoms with Crippen molar-refractivity contribution in [3.05, 3.63) is 75.8 Å². The Morgan fingerprint density at radius 3 is 2.29 bits per heavy atom. The van der Waals surface area contributed by atoms with Gasteiger partial charge in [-0.1, -0.05) is 31.2 Å². The standard InChI is InChI=1S/C26H28N4O4/c1-2-22(30-25(32)18-8-3-4-9-19(18)26(30)33)23-27-21-11-6-5-10-20(21)24(31)29(23)13-7-12-28-14-16-34-17-15-28/h3-6,8-11,22H,2,7,12-17H2,1H3/p+1/t22-/m0/s1. The van der Waals surface area contributed by atoms with Crippen LogP contribution in [0.3, 0.4) is 0 Å². The number of carbonyl (C=O) groups is 2. The smallest absolute Gasteiger partial charge is 0.262 e. The third kappa shape index (κ3) is 3.93. The molecule has 8 nitrogen and oxygen atoms in total. The zero-order valence-electron chi connectivity index (χ0n) is 19.3. The Hall–Kier alpha value is -3.36. The average molecular weight is 462 g/mol. The molecule has 1 saturated heterocycles. The number of ether oxygens (including phenoxy) is 1. The van der Waals surface area contributed by atoms with E-state index in [1.807, 2.05) is 19.1 Å². The van der Waals surface area contributed by atoms with Gasteiger partial charge in [0.15, 0.2) is 0 Å². The van der Waals surface area contributed by atoms with Gasteiger partial charge in [0.25, 0.3) is 17.4 Å². The summed E-state index contributed by atoms with van der Waals surface area (Å²) in [6.07, 6.45) is 1.26. The van der Waals surface area contributed by atoms with Gasteiger partial charge in [0.1, 0.15) is 18.9 Å². The molecule has 2 amide bonds. The first-order valence-corrected chi connectivity index (χ1v) is 12.0. The number of nitrogens with one attached hydrogen (secondary N) is 1. The monoisotopic (exact) mass is 461 g/mol. The van der Waals surface area contributed by atoms with Crippen molar-refractivity contribution in [1.82, 2.24) is 14.5 Å². The van der Waals surface area contributed by atoms with E-state index in [1.165, 1.54) is 9.80 Å². The maximum absolute atomic E-state index is 13.6. The molecule has 0 saturated carbocycles. The molecular weight excluding hydrogens is 432 g/mol. The van der Waals surface area contributed by atoms with Crippen molar-refractivity contribution in [3.8, 4) is 0 Å². The van der Waals surface area contributed by atoms with E-state index in [9.17, 15) is 14.4 Å². The Kier molecular flexibility index (Phi) is 6.26. The van der Waals surface area contributed by atoms with Crippen LogP contribution in [-0.2, 0) is 11.3 Å². The molecule has 176 valence electrons. The number of hydrogen-bond acceptors (Lipinski definition) is 5. The second-order valence-corrected chi connectivity index (χ2v) is 8.86. The van der Waals surface area contributed by atoms with E-state index in [-0.39, 0.29) is 17.4 Å². The van der Waals surface area contributed by atoms with Crippen molar-refractivity contribution in [2.75, 3.05) is 32.8 Å². The number of para-hydroxylation sites is 1. The number of fused-ring (bicyclic) bond motifs is 2. The van der Waals surface area contributed by atoms with Crippen LogP contribution < -0.4 is 10.5 Å². The van der Waals surface area contributed by atoms with E-state index in [0.717, 1.165) is 39.3 Å². The van der Waals surface area contributed by atoms with Crippen LogP contribution in [-0.4, -0.2) is 59.1 Å². The van der Waals surface area contributed by atoms with E-state index in [0.29, 0.717) is 40.8 Å². The Morgan fingerprint density at radius 1 is 0.971 bits per heavy atom. The Morgan fingerprint density at radius 2 is 1.62 bits per heavy atom. The Bertz CT molecular complexity index is 1260. The van der Waals surface area contributed by atoms with Gasteiger partial charge in [-0.3, -0.25) is 23.9 Å². The number of rotatable bonds is 7.